The van der Waals surface area contributed by atoms with E-state index < -0.39 is 0 Å². The molecule has 1 aliphatic rings. The number of carbonyl (C=O) groups is 1. The molecule has 4 aromatic rings. The van der Waals surface area contributed by atoms with Crippen molar-refractivity contribution >= 4 is 34.3 Å². The third-order valence-corrected chi connectivity index (χ3v) is 5.98. The molecule has 0 spiro atoms. The number of fused-ring (bicyclic) bond motifs is 1. The number of nitrogens with one attached hydrogen (secondary N) is 2. The number of aromatic hydroxyl groups is 1. The van der Waals surface area contributed by atoms with Crippen LogP contribution in [0.5, 0.6) is 5.75 Å². The summed E-state index contributed by atoms with van der Waals surface area (Å²) in [6.45, 7) is 6.00. The van der Waals surface area contributed by atoms with Crippen molar-refractivity contribution in [3.05, 3.63) is 66.5 Å². The first kappa shape index (κ1) is 22.6. The number of carbonyl (C=O) groups excluding carboxylic acids is 1. The Balaban J connectivity index is 1.39. The Kier molecular flexibility index (Phi) is 6.18. The average Bonchev–Trinajstić information content (AvgIpc) is 3.39. The maximum absolute atomic E-state index is 13.0. The lowest BCUT2D eigenvalue weighted by molar-refractivity contribution is 0.102. The summed E-state index contributed by atoms with van der Waals surface area (Å²) in [5, 5.41) is 17.7. The van der Waals surface area contributed by atoms with E-state index in [1.165, 1.54) is 0 Å². The molecule has 3 N–H and O–H groups in total. The van der Waals surface area contributed by atoms with Gasteiger partial charge in [0.05, 0.1) is 5.52 Å². The molecular formula is C27H28N6O2. The number of aromatic nitrogens is 3. The second kappa shape index (κ2) is 9.58. The number of amides is 1. The van der Waals surface area contributed by atoms with Crippen LogP contribution in [0.25, 0.3) is 22.0 Å². The zero-order valence-electron chi connectivity index (χ0n) is 19.8. The van der Waals surface area contributed by atoms with Gasteiger partial charge >= 0.3 is 0 Å². The topological polar surface area (TPSA) is 103 Å². The van der Waals surface area contributed by atoms with E-state index in [0.29, 0.717) is 28.3 Å². The van der Waals surface area contributed by atoms with Crippen LogP contribution in [0.4, 0.5) is 17.5 Å². The largest absolute Gasteiger partial charge is 0.507 e. The van der Waals surface area contributed by atoms with E-state index in [0.717, 1.165) is 42.7 Å². The standard InChI is InChI=1S/C27H28N6O2/c1-17(2)30-27-29-16-20-13-22(24(34)15-23(20)32-27)18-6-5-7-19(12-18)26(35)31-21-8-9-28-25(14-21)33-10-3-4-11-33/h5-9,12-17,34H,3-4,10-11H2,1-2H3,(H,28,31,35)(H,29,30,32). The zero-order valence-corrected chi connectivity index (χ0v) is 19.8. The van der Waals surface area contributed by atoms with Crippen LogP contribution in [-0.4, -0.2) is 45.1 Å². The van der Waals surface area contributed by atoms with Crippen molar-refractivity contribution in [3.63, 3.8) is 0 Å². The molecule has 3 heterocycles. The van der Waals surface area contributed by atoms with Crippen molar-refractivity contribution in [2.45, 2.75) is 32.7 Å². The summed E-state index contributed by atoms with van der Waals surface area (Å²) in [4.78, 5) is 28.5. The fourth-order valence-corrected chi connectivity index (χ4v) is 4.27. The summed E-state index contributed by atoms with van der Waals surface area (Å²) in [6.07, 6.45) is 5.77. The molecular weight excluding hydrogens is 440 g/mol. The number of benzene rings is 2. The predicted molar refractivity (Wildman–Crippen MR) is 139 cm³/mol. The molecule has 0 atom stereocenters. The highest BCUT2D eigenvalue weighted by atomic mass is 16.3. The molecule has 2 aromatic carbocycles. The number of pyridine rings is 1. The lowest BCUT2D eigenvalue weighted by atomic mass is 10.00. The quantitative estimate of drug-likeness (QED) is 0.363. The maximum atomic E-state index is 13.0. The number of rotatable bonds is 6. The van der Waals surface area contributed by atoms with Crippen molar-refractivity contribution in [2.75, 3.05) is 28.6 Å². The highest BCUT2D eigenvalue weighted by Crippen LogP contribution is 2.33. The summed E-state index contributed by atoms with van der Waals surface area (Å²) >= 11 is 0. The van der Waals surface area contributed by atoms with Gasteiger partial charge in [0.2, 0.25) is 5.95 Å². The Morgan fingerprint density at radius 1 is 1.06 bits per heavy atom. The minimum Gasteiger partial charge on any atom is -0.507 e. The highest BCUT2D eigenvalue weighted by molar-refractivity contribution is 6.05. The molecule has 2 aromatic heterocycles. The Bertz CT molecular complexity index is 1380. The molecule has 0 bridgehead atoms. The van der Waals surface area contributed by atoms with E-state index >= 15 is 0 Å². The predicted octanol–water partition coefficient (Wildman–Crippen LogP) is 5.07. The molecule has 1 aliphatic heterocycles. The molecule has 0 unspecified atom stereocenters. The summed E-state index contributed by atoms with van der Waals surface area (Å²) in [7, 11) is 0. The van der Waals surface area contributed by atoms with Crippen molar-refractivity contribution in [2.24, 2.45) is 0 Å². The lowest BCUT2D eigenvalue weighted by Crippen LogP contribution is -2.19. The number of phenols is 1. The third-order valence-electron chi connectivity index (χ3n) is 5.98. The van der Waals surface area contributed by atoms with Gasteiger partial charge in [0, 0.05) is 65.9 Å². The molecule has 35 heavy (non-hydrogen) atoms. The minimum atomic E-state index is -0.224. The van der Waals surface area contributed by atoms with Crippen LogP contribution in [0.2, 0.25) is 0 Å². The summed E-state index contributed by atoms with van der Waals surface area (Å²) in [6, 6.07) is 14.6. The summed E-state index contributed by atoms with van der Waals surface area (Å²) in [5.74, 6) is 1.26. The van der Waals surface area contributed by atoms with E-state index in [1.807, 2.05) is 38.1 Å². The average molecular weight is 469 g/mol. The SMILES string of the molecule is CC(C)Nc1ncc2cc(-c3cccc(C(=O)Nc4ccnc(N5CCCC5)c4)c3)c(O)cc2n1. The van der Waals surface area contributed by atoms with Gasteiger partial charge in [0.25, 0.3) is 5.91 Å². The first-order valence-corrected chi connectivity index (χ1v) is 11.9. The number of anilines is 3. The second-order valence-corrected chi connectivity index (χ2v) is 9.05. The molecule has 1 saturated heterocycles. The number of phenolic OH excluding ortho intramolecular Hbond substituents is 1. The molecule has 0 saturated carbocycles. The van der Waals surface area contributed by atoms with Crippen LogP contribution in [-0.2, 0) is 0 Å². The van der Waals surface area contributed by atoms with E-state index in [2.05, 4.69) is 30.5 Å². The summed E-state index contributed by atoms with van der Waals surface area (Å²) < 4.78 is 0. The lowest BCUT2D eigenvalue weighted by Gasteiger charge is -2.17. The molecule has 8 heteroatoms. The Hall–Kier alpha value is -4.20. The smallest absolute Gasteiger partial charge is 0.255 e. The van der Waals surface area contributed by atoms with Gasteiger partial charge in [0.15, 0.2) is 0 Å². The number of hydrogen-bond acceptors (Lipinski definition) is 7. The van der Waals surface area contributed by atoms with Gasteiger partial charge in [-0.3, -0.25) is 4.79 Å². The van der Waals surface area contributed by atoms with Crippen molar-refractivity contribution in [1.29, 1.82) is 0 Å². The van der Waals surface area contributed by atoms with E-state index in [1.54, 1.807) is 36.7 Å². The van der Waals surface area contributed by atoms with Gasteiger partial charge in [-0.2, -0.15) is 0 Å². The van der Waals surface area contributed by atoms with Crippen LogP contribution < -0.4 is 15.5 Å². The molecule has 178 valence electrons. The van der Waals surface area contributed by atoms with E-state index in [-0.39, 0.29) is 17.7 Å². The van der Waals surface area contributed by atoms with Gasteiger partial charge in [-0.25, -0.2) is 15.0 Å². The second-order valence-electron chi connectivity index (χ2n) is 9.05. The van der Waals surface area contributed by atoms with Crippen LogP contribution in [0, 0.1) is 0 Å². The van der Waals surface area contributed by atoms with Crippen LogP contribution in [0.3, 0.4) is 0 Å². The fraction of sp³-hybridized carbons (Fsp3) is 0.259. The third kappa shape index (κ3) is 5.01. The fourth-order valence-electron chi connectivity index (χ4n) is 4.27. The first-order valence-electron chi connectivity index (χ1n) is 11.9. The maximum Gasteiger partial charge on any atom is 0.255 e. The molecule has 8 nitrogen and oxygen atoms in total. The molecule has 1 fully saturated rings. The van der Waals surface area contributed by atoms with Crippen molar-refractivity contribution in [1.82, 2.24) is 15.0 Å². The monoisotopic (exact) mass is 468 g/mol. The van der Waals surface area contributed by atoms with Crippen molar-refractivity contribution in [3.8, 4) is 16.9 Å². The van der Waals surface area contributed by atoms with Crippen LogP contribution >= 0.6 is 0 Å². The number of hydrogen-bond donors (Lipinski definition) is 3. The van der Waals surface area contributed by atoms with Crippen molar-refractivity contribution < 1.29 is 9.90 Å². The Morgan fingerprint density at radius 2 is 1.89 bits per heavy atom. The van der Waals surface area contributed by atoms with Gasteiger partial charge in [-0.05, 0) is 56.5 Å². The molecule has 1 amide bonds. The number of nitrogens with zero attached hydrogens (tertiary/aromatic N) is 4. The van der Waals surface area contributed by atoms with Gasteiger partial charge in [0.1, 0.15) is 11.6 Å². The molecule has 0 aliphatic carbocycles. The van der Waals surface area contributed by atoms with Gasteiger partial charge in [-0.15, -0.1) is 0 Å². The van der Waals surface area contributed by atoms with Gasteiger partial charge in [-0.1, -0.05) is 12.1 Å². The normalized spacial score (nSPS) is 13.4. The Labute approximate surface area is 204 Å². The molecule has 5 rings (SSSR count). The molecule has 0 radical (unpaired) electrons. The van der Waals surface area contributed by atoms with E-state index in [4.69, 9.17) is 0 Å². The Morgan fingerprint density at radius 3 is 2.69 bits per heavy atom. The van der Waals surface area contributed by atoms with Crippen LogP contribution in [0.15, 0.2) is 60.9 Å². The van der Waals surface area contributed by atoms with E-state index in [9.17, 15) is 9.90 Å². The highest BCUT2D eigenvalue weighted by Gasteiger charge is 2.15. The van der Waals surface area contributed by atoms with Gasteiger partial charge < -0.3 is 20.6 Å². The van der Waals surface area contributed by atoms with Crippen LogP contribution in [0.1, 0.15) is 37.0 Å². The first-order chi connectivity index (χ1) is 17.0. The zero-order chi connectivity index (χ0) is 24.4. The minimum absolute atomic E-state index is 0.0913. The summed E-state index contributed by atoms with van der Waals surface area (Å²) in [5.41, 5.74) is 3.18.